The molecule has 1 aromatic heterocycles. The normalized spacial score (nSPS) is 24.7. The van der Waals surface area contributed by atoms with Crippen LogP contribution in [0.1, 0.15) is 33.9 Å². The zero-order valence-electron chi connectivity index (χ0n) is 18.1. The summed E-state index contributed by atoms with van der Waals surface area (Å²) in [5, 5.41) is 0. The fourth-order valence-corrected chi connectivity index (χ4v) is 3.13. The van der Waals surface area contributed by atoms with Gasteiger partial charge in [-0.25, -0.2) is 4.79 Å². The van der Waals surface area contributed by atoms with E-state index in [1.807, 2.05) is 0 Å². The molecule has 0 aromatic carbocycles. The van der Waals surface area contributed by atoms with Crippen LogP contribution in [0.5, 0.6) is 5.88 Å². The number of methoxy groups -OCH3 is 1. The van der Waals surface area contributed by atoms with Gasteiger partial charge in [0, 0.05) is 40.0 Å². The minimum absolute atomic E-state index is 0.0249. The Kier molecular flexibility index (Phi) is 8.29. The highest BCUT2D eigenvalue weighted by Gasteiger charge is 2.53. The van der Waals surface area contributed by atoms with Crippen LogP contribution in [0.25, 0.3) is 0 Å². The first-order valence-corrected chi connectivity index (χ1v) is 9.47. The van der Waals surface area contributed by atoms with Crippen molar-refractivity contribution >= 4 is 23.9 Å². The van der Waals surface area contributed by atoms with Crippen molar-refractivity contribution in [1.82, 2.24) is 9.55 Å². The van der Waals surface area contributed by atoms with Crippen molar-refractivity contribution in [3.8, 4) is 5.88 Å². The van der Waals surface area contributed by atoms with Gasteiger partial charge in [0.05, 0.1) is 7.11 Å². The SMILES string of the molecule is COc1ccn(C2OC(COC(C)=O)C(OC(C)=O)C(OC(C)=O)C2OC(C)=O)c(=O)n1. The number of hydrogen-bond acceptors (Lipinski definition) is 12. The van der Waals surface area contributed by atoms with Gasteiger partial charge in [-0.2, -0.15) is 4.98 Å². The van der Waals surface area contributed by atoms with Gasteiger partial charge in [0.15, 0.2) is 24.5 Å². The first-order valence-electron chi connectivity index (χ1n) is 9.47. The summed E-state index contributed by atoms with van der Waals surface area (Å²) in [7, 11) is 1.32. The van der Waals surface area contributed by atoms with Crippen LogP contribution < -0.4 is 10.4 Å². The standard InChI is InChI=1S/C19H24N2O11/c1-9(22)28-8-13-15(29-10(2)23)16(30-11(3)24)17(31-12(4)25)18(32-13)21-7-6-14(27-5)20-19(21)26/h6-7,13,15-18H,8H2,1-5H3. The quantitative estimate of drug-likeness (QED) is 0.383. The molecule has 0 bridgehead atoms. The average Bonchev–Trinajstić information content (AvgIpc) is 2.68. The van der Waals surface area contributed by atoms with Gasteiger partial charge in [0.25, 0.3) is 0 Å². The van der Waals surface area contributed by atoms with Crippen molar-refractivity contribution in [2.24, 2.45) is 0 Å². The van der Waals surface area contributed by atoms with Crippen LogP contribution in [-0.2, 0) is 42.9 Å². The summed E-state index contributed by atoms with van der Waals surface area (Å²) < 4.78 is 32.7. The average molecular weight is 456 g/mol. The van der Waals surface area contributed by atoms with Crippen LogP contribution >= 0.6 is 0 Å². The summed E-state index contributed by atoms with van der Waals surface area (Å²) >= 11 is 0. The van der Waals surface area contributed by atoms with Crippen molar-refractivity contribution in [2.75, 3.05) is 13.7 Å². The molecule has 0 spiro atoms. The van der Waals surface area contributed by atoms with Gasteiger partial charge in [0.1, 0.15) is 12.7 Å². The third-order valence-electron chi connectivity index (χ3n) is 4.25. The Hall–Kier alpha value is -3.48. The van der Waals surface area contributed by atoms with E-state index in [1.165, 1.54) is 19.4 Å². The Morgan fingerprint density at radius 2 is 1.50 bits per heavy atom. The third kappa shape index (κ3) is 6.26. The van der Waals surface area contributed by atoms with Gasteiger partial charge < -0.3 is 28.4 Å². The van der Waals surface area contributed by atoms with E-state index < -0.39 is 66.8 Å². The highest BCUT2D eigenvalue weighted by atomic mass is 16.7. The maximum atomic E-state index is 12.6. The molecule has 2 rings (SSSR count). The first-order chi connectivity index (χ1) is 15.0. The van der Waals surface area contributed by atoms with E-state index in [1.54, 1.807) is 0 Å². The van der Waals surface area contributed by atoms with Crippen LogP contribution in [0.15, 0.2) is 17.1 Å². The van der Waals surface area contributed by atoms with Crippen LogP contribution in [0, 0.1) is 0 Å². The largest absolute Gasteiger partial charge is 0.481 e. The van der Waals surface area contributed by atoms with E-state index in [2.05, 4.69) is 4.98 Å². The van der Waals surface area contributed by atoms with E-state index in [9.17, 15) is 24.0 Å². The molecule has 0 saturated carbocycles. The Balaban J connectivity index is 2.59. The lowest BCUT2D eigenvalue weighted by Gasteiger charge is -2.44. The molecule has 13 heteroatoms. The summed E-state index contributed by atoms with van der Waals surface area (Å²) in [6.07, 6.45) is -5.41. The molecule has 176 valence electrons. The molecule has 1 fully saturated rings. The zero-order chi connectivity index (χ0) is 24.0. The lowest BCUT2D eigenvalue weighted by atomic mass is 9.97. The molecule has 0 aliphatic carbocycles. The third-order valence-corrected chi connectivity index (χ3v) is 4.25. The van der Waals surface area contributed by atoms with Gasteiger partial charge in [-0.15, -0.1) is 0 Å². The van der Waals surface area contributed by atoms with E-state index in [0.29, 0.717) is 0 Å². The number of nitrogens with zero attached hydrogens (tertiary/aromatic N) is 2. The molecule has 2 heterocycles. The lowest BCUT2D eigenvalue weighted by Crippen LogP contribution is -2.61. The minimum atomic E-state index is -1.41. The molecule has 13 nitrogen and oxygen atoms in total. The molecular formula is C19H24N2O11. The lowest BCUT2D eigenvalue weighted by molar-refractivity contribution is -0.269. The molecule has 1 aromatic rings. The highest BCUT2D eigenvalue weighted by Crippen LogP contribution is 2.34. The van der Waals surface area contributed by atoms with Crippen molar-refractivity contribution < 1.29 is 47.6 Å². The Bertz CT molecular complexity index is 928. The number of hydrogen-bond donors (Lipinski definition) is 0. The Morgan fingerprint density at radius 3 is 2.00 bits per heavy atom. The van der Waals surface area contributed by atoms with Gasteiger partial charge in [-0.1, -0.05) is 0 Å². The Labute approximate surface area is 182 Å². The molecule has 1 aliphatic rings. The van der Waals surface area contributed by atoms with E-state index in [-0.39, 0.29) is 5.88 Å². The molecule has 5 atom stereocenters. The van der Waals surface area contributed by atoms with Crippen molar-refractivity contribution in [1.29, 1.82) is 0 Å². The van der Waals surface area contributed by atoms with E-state index in [4.69, 9.17) is 28.4 Å². The highest BCUT2D eigenvalue weighted by molar-refractivity contribution is 5.68. The van der Waals surface area contributed by atoms with Crippen LogP contribution in [0.3, 0.4) is 0 Å². The van der Waals surface area contributed by atoms with Crippen LogP contribution in [0.4, 0.5) is 0 Å². The second-order valence-electron chi connectivity index (χ2n) is 6.75. The molecule has 5 unspecified atom stereocenters. The monoisotopic (exact) mass is 456 g/mol. The smallest absolute Gasteiger partial charge is 0.353 e. The second-order valence-corrected chi connectivity index (χ2v) is 6.75. The topological polar surface area (TPSA) is 159 Å². The maximum Gasteiger partial charge on any atom is 0.353 e. The van der Waals surface area contributed by atoms with E-state index in [0.717, 1.165) is 32.3 Å². The molecule has 0 radical (unpaired) electrons. The fourth-order valence-electron chi connectivity index (χ4n) is 3.13. The van der Waals surface area contributed by atoms with Gasteiger partial charge >= 0.3 is 29.6 Å². The van der Waals surface area contributed by atoms with Crippen LogP contribution in [0.2, 0.25) is 0 Å². The number of rotatable bonds is 7. The molecule has 0 amide bonds. The number of aromatic nitrogens is 2. The summed E-state index contributed by atoms with van der Waals surface area (Å²) in [6, 6.07) is 1.36. The molecular weight excluding hydrogens is 432 g/mol. The number of carbonyl (C=O) groups is 4. The molecule has 32 heavy (non-hydrogen) atoms. The summed E-state index contributed by atoms with van der Waals surface area (Å²) in [4.78, 5) is 63.0. The second kappa shape index (κ2) is 10.7. The number of carbonyl (C=O) groups excluding carboxylic acids is 4. The first kappa shape index (κ1) is 24.8. The number of esters is 4. The van der Waals surface area contributed by atoms with Crippen molar-refractivity contribution in [3.63, 3.8) is 0 Å². The van der Waals surface area contributed by atoms with E-state index >= 15 is 0 Å². The summed E-state index contributed by atoms with van der Waals surface area (Å²) in [6.45, 7) is 4.06. The van der Waals surface area contributed by atoms with Crippen molar-refractivity contribution in [3.05, 3.63) is 22.7 Å². The van der Waals surface area contributed by atoms with Crippen LogP contribution in [-0.4, -0.2) is 71.6 Å². The van der Waals surface area contributed by atoms with Crippen molar-refractivity contribution in [2.45, 2.75) is 58.3 Å². The molecule has 0 N–H and O–H groups in total. The summed E-state index contributed by atoms with van der Waals surface area (Å²) in [5.74, 6) is -2.95. The maximum absolute atomic E-state index is 12.6. The van der Waals surface area contributed by atoms with Gasteiger partial charge in [-0.3, -0.25) is 23.7 Å². The summed E-state index contributed by atoms with van der Waals surface area (Å²) in [5.41, 5.74) is -0.828. The Morgan fingerprint density at radius 1 is 0.938 bits per heavy atom. The van der Waals surface area contributed by atoms with Gasteiger partial charge in [-0.05, 0) is 0 Å². The predicted molar refractivity (Wildman–Crippen MR) is 102 cm³/mol. The van der Waals surface area contributed by atoms with Gasteiger partial charge in [0.2, 0.25) is 5.88 Å². The molecule has 1 saturated heterocycles. The molecule has 1 aliphatic heterocycles. The zero-order valence-corrected chi connectivity index (χ0v) is 18.1. The minimum Gasteiger partial charge on any atom is -0.481 e. The fraction of sp³-hybridized carbons (Fsp3) is 0.579. The predicted octanol–water partition coefficient (Wildman–Crippen LogP) is -0.492. The number of ether oxygens (including phenoxy) is 6.